The van der Waals surface area contributed by atoms with Crippen LogP contribution in [0, 0.1) is 0 Å². The van der Waals surface area contributed by atoms with Crippen molar-refractivity contribution in [3.05, 3.63) is 29.7 Å². The summed E-state index contributed by atoms with van der Waals surface area (Å²) in [5, 5.41) is 17.5. The molecule has 3 rings (SSSR count). The number of anilines is 1. The number of nitrogens with one attached hydrogen (secondary N) is 1. The maximum absolute atomic E-state index is 9.41. The number of rotatable bonds is 4. The molecule has 0 atom stereocenters. The molecule has 1 aliphatic carbocycles. The fourth-order valence-corrected chi connectivity index (χ4v) is 2.20. The molecule has 0 aromatic carbocycles. The molecule has 2 heterocycles. The quantitative estimate of drug-likeness (QED) is 0.899. The average Bonchev–Trinajstić information content (AvgIpc) is 3.05. The third-order valence-corrected chi connectivity index (χ3v) is 3.62. The summed E-state index contributed by atoms with van der Waals surface area (Å²) in [5.74, 6) is 0.740. The van der Waals surface area contributed by atoms with Crippen LogP contribution >= 0.6 is 11.6 Å². The monoisotopic (exact) mass is 278 g/mol. The average molecular weight is 279 g/mol. The molecular formula is C13H15ClN4O. The van der Waals surface area contributed by atoms with Gasteiger partial charge in [-0.2, -0.15) is 5.10 Å². The van der Waals surface area contributed by atoms with Gasteiger partial charge in [0.1, 0.15) is 5.82 Å². The molecule has 1 saturated carbocycles. The second-order valence-corrected chi connectivity index (χ2v) is 5.45. The summed E-state index contributed by atoms with van der Waals surface area (Å²) >= 11 is 6.03. The second kappa shape index (κ2) is 4.51. The van der Waals surface area contributed by atoms with Crippen LogP contribution in [0.1, 0.15) is 12.8 Å². The van der Waals surface area contributed by atoms with Gasteiger partial charge in [-0.3, -0.25) is 4.68 Å². The zero-order valence-electron chi connectivity index (χ0n) is 10.6. The van der Waals surface area contributed by atoms with Gasteiger partial charge in [-0.15, -0.1) is 0 Å². The Morgan fingerprint density at radius 2 is 2.26 bits per heavy atom. The van der Waals surface area contributed by atoms with Gasteiger partial charge in [0, 0.05) is 30.6 Å². The van der Waals surface area contributed by atoms with Gasteiger partial charge < -0.3 is 10.4 Å². The van der Waals surface area contributed by atoms with E-state index in [-0.39, 0.29) is 12.1 Å². The Kier molecular flexibility index (Phi) is 2.95. The van der Waals surface area contributed by atoms with E-state index >= 15 is 0 Å². The third-order valence-electron chi connectivity index (χ3n) is 3.41. The first-order valence-corrected chi connectivity index (χ1v) is 6.53. The summed E-state index contributed by atoms with van der Waals surface area (Å²) in [7, 11) is 1.87. The van der Waals surface area contributed by atoms with E-state index in [0.717, 1.165) is 29.8 Å². The summed E-state index contributed by atoms with van der Waals surface area (Å²) in [5.41, 5.74) is 1.65. The van der Waals surface area contributed by atoms with E-state index in [4.69, 9.17) is 11.6 Å². The smallest absolute Gasteiger partial charge is 0.134 e. The van der Waals surface area contributed by atoms with Crippen LogP contribution in [0.2, 0.25) is 5.02 Å². The van der Waals surface area contributed by atoms with Crippen molar-refractivity contribution in [2.75, 3.05) is 11.9 Å². The molecule has 0 spiro atoms. The first kappa shape index (κ1) is 12.4. The molecule has 19 heavy (non-hydrogen) atoms. The van der Waals surface area contributed by atoms with Crippen LogP contribution in [0.5, 0.6) is 0 Å². The van der Waals surface area contributed by atoms with E-state index in [0.29, 0.717) is 5.02 Å². The molecule has 0 saturated heterocycles. The first-order chi connectivity index (χ1) is 9.12. The summed E-state index contributed by atoms with van der Waals surface area (Å²) in [6.07, 6.45) is 7.21. The molecule has 6 heteroatoms. The predicted molar refractivity (Wildman–Crippen MR) is 74.1 cm³/mol. The molecule has 0 bridgehead atoms. The molecule has 0 amide bonds. The largest absolute Gasteiger partial charge is 0.394 e. The summed E-state index contributed by atoms with van der Waals surface area (Å²) in [6.45, 7) is 0.115. The highest BCUT2D eigenvalue weighted by molar-refractivity contribution is 6.30. The van der Waals surface area contributed by atoms with Gasteiger partial charge in [0.05, 0.1) is 23.4 Å². The summed E-state index contributed by atoms with van der Waals surface area (Å²) in [4.78, 5) is 4.35. The zero-order chi connectivity index (χ0) is 13.5. The molecule has 2 aromatic rings. The van der Waals surface area contributed by atoms with Gasteiger partial charge >= 0.3 is 0 Å². The van der Waals surface area contributed by atoms with Gasteiger partial charge in [-0.05, 0) is 18.9 Å². The lowest BCUT2D eigenvalue weighted by Gasteiger charge is -2.17. The second-order valence-electron chi connectivity index (χ2n) is 5.02. The highest BCUT2D eigenvalue weighted by atomic mass is 35.5. The Labute approximate surface area is 116 Å². The standard InChI is InChI=1S/C13H15ClN4O/c1-18-7-9(5-16-18)11-4-10(14)6-15-12(11)17-13(8-19)2-3-13/h4-7,19H,2-3,8H2,1H3,(H,15,17). The molecule has 2 N–H and O–H groups in total. The first-order valence-electron chi connectivity index (χ1n) is 6.15. The van der Waals surface area contributed by atoms with Crippen LogP contribution in [0.15, 0.2) is 24.7 Å². The molecule has 0 aliphatic heterocycles. The Morgan fingerprint density at radius 1 is 1.47 bits per heavy atom. The van der Waals surface area contributed by atoms with Crippen molar-refractivity contribution in [1.82, 2.24) is 14.8 Å². The Balaban J connectivity index is 1.99. The Hall–Kier alpha value is -1.59. The lowest BCUT2D eigenvalue weighted by atomic mass is 10.1. The normalized spacial score (nSPS) is 16.4. The third kappa shape index (κ3) is 2.43. The number of hydrogen-bond donors (Lipinski definition) is 2. The van der Waals surface area contributed by atoms with Crippen molar-refractivity contribution in [3.63, 3.8) is 0 Å². The SMILES string of the molecule is Cn1cc(-c2cc(Cl)cnc2NC2(CO)CC2)cn1. The lowest BCUT2D eigenvalue weighted by molar-refractivity contribution is 0.266. The molecule has 0 unspecified atom stereocenters. The number of halogens is 1. The van der Waals surface area contributed by atoms with Crippen LogP contribution in [0.25, 0.3) is 11.1 Å². The van der Waals surface area contributed by atoms with E-state index in [2.05, 4.69) is 15.4 Å². The van der Waals surface area contributed by atoms with Gasteiger partial charge in [0.15, 0.2) is 0 Å². The zero-order valence-corrected chi connectivity index (χ0v) is 11.4. The summed E-state index contributed by atoms with van der Waals surface area (Å²) < 4.78 is 1.74. The van der Waals surface area contributed by atoms with Gasteiger partial charge in [0.25, 0.3) is 0 Å². The van der Waals surface area contributed by atoms with E-state index in [1.807, 2.05) is 19.3 Å². The summed E-state index contributed by atoms with van der Waals surface area (Å²) in [6, 6.07) is 1.86. The molecular weight excluding hydrogens is 264 g/mol. The lowest BCUT2D eigenvalue weighted by Crippen LogP contribution is -2.26. The van der Waals surface area contributed by atoms with Crippen LogP contribution in [-0.4, -0.2) is 32.0 Å². The predicted octanol–water partition coefficient (Wildman–Crippen LogP) is 2.07. The van der Waals surface area contributed by atoms with Crippen molar-refractivity contribution in [2.24, 2.45) is 7.05 Å². The minimum absolute atomic E-state index is 0.115. The van der Waals surface area contributed by atoms with Crippen molar-refractivity contribution < 1.29 is 5.11 Å². The van der Waals surface area contributed by atoms with Crippen LogP contribution in [0.3, 0.4) is 0 Å². The fourth-order valence-electron chi connectivity index (χ4n) is 2.04. The molecule has 2 aromatic heterocycles. The maximum Gasteiger partial charge on any atom is 0.134 e. The minimum Gasteiger partial charge on any atom is -0.394 e. The van der Waals surface area contributed by atoms with Crippen LogP contribution in [-0.2, 0) is 7.05 Å². The Morgan fingerprint density at radius 3 is 2.84 bits per heavy atom. The van der Waals surface area contributed by atoms with Crippen LogP contribution in [0.4, 0.5) is 5.82 Å². The number of pyridine rings is 1. The number of hydrogen-bond acceptors (Lipinski definition) is 4. The topological polar surface area (TPSA) is 63.0 Å². The van der Waals surface area contributed by atoms with Gasteiger partial charge in [-0.25, -0.2) is 4.98 Å². The number of aliphatic hydroxyl groups excluding tert-OH is 1. The Bertz CT molecular complexity index is 606. The number of nitrogens with zero attached hydrogens (tertiary/aromatic N) is 3. The van der Waals surface area contributed by atoms with Crippen molar-refractivity contribution in [1.29, 1.82) is 0 Å². The maximum atomic E-state index is 9.41. The molecule has 1 fully saturated rings. The highest BCUT2D eigenvalue weighted by Gasteiger charge is 2.42. The fraction of sp³-hybridized carbons (Fsp3) is 0.385. The van der Waals surface area contributed by atoms with Crippen LogP contribution < -0.4 is 5.32 Å². The number of aryl methyl sites for hydroxylation is 1. The molecule has 5 nitrogen and oxygen atoms in total. The highest BCUT2D eigenvalue weighted by Crippen LogP contribution is 2.40. The van der Waals surface area contributed by atoms with E-state index < -0.39 is 0 Å². The molecule has 0 radical (unpaired) electrons. The van der Waals surface area contributed by atoms with E-state index in [9.17, 15) is 5.11 Å². The van der Waals surface area contributed by atoms with Gasteiger partial charge in [0.2, 0.25) is 0 Å². The van der Waals surface area contributed by atoms with Crippen molar-refractivity contribution in [3.8, 4) is 11.1 Å². The van der Waals surface area contributed by atoms with Crippen molar-refractivity contribution in [2.45, 2.75) is 18.4 Å². The molecule has 100 valence electrons. The molecule has 1 aliphatic rings. The van der Waals surface area contributed by atoms with Crippen molar-refractivity contribution >= 4 is 17.4 Å². The van der Waals surface area contributed by atoms with Gasteiger partial charge in [-0.1, -0.05) is 11.6 Å². The van der Waals surface area contributed by atoms with E-state index in [1.54, 1.807) is 17.1 Å². The number of aliphatic hydroxyl groups is 1. The minimum atomic E-state index is -0.211. The number of aromatic nitrogens is 3. The van der Waals surface area contributed by atoms with E-state index in [1.165, 1.54) is 0 Å².